The van der Waals surface area contributed by atoms with E-state index in [0.29, 0.717) is 0 Å². The van der Waals surface area contributed by atoms with E-state index in [9.17, 15) is 0 Å². The minimum Gasteiger partial charge on any atom is -0.286 e. The number of hydrogen-bond acceptors (Lipinski definition) is 4. The van der Waals surface area contributed by atoms with Gasteiger partial charge >= 0.3 is 0 Å². The van der Waals surface area contributed by atoms with Gasteiger partial charge in [0.15, 0.2) is 11.0 Å². The van der Waals surface area contributed by atoms with Crippen molar-refractivity contribution in [2.45, 2.75) is 10.9 Å². The Hall–Kier alpha value is -4.74. The second-order valence-electron chi connectivity index (χ2n) is 9.68. The first-order valence-corrected chi connectivity index (χ1v) is 14.0. The molecule has 0 saturated carbocycles. The van der Waals surface area contributed by atoms with Crippen LogP contribution in [0, 0.1) is 0 Å². The normalized spacial score (nSPS) is 12.4. The molecule has 0 amide bonds. The lowest BCUT2D eigenvalue weighted by Gasteiger charge is -2.19. The summed E-state index contributed by atoms with van der Waals surface area (Å²) < 4.78 is 2.32. The molecule has 5 aromatic carbocycles. The fraction of sp³-hybridized carbons (Fsp3) is 0.0294. The Morgan fingerprint density at radius 3 is 2.28 bits per heavy atom. The Bertz CT molecular complexity index is 2030. The van der Waals surface area contributed by atoms with Crippen molar-refractivity contribution in [1.29, 1.82) is 0 Å². The number of rotatable bonds is 3. The zero-order valence-corrected chi connectivity index (χ0v) is 21.8. The lowest BCUT2D eigenvalue weighted by atomic mass is 10.0. The molecule has 2 aromatic heterocycles. The molecule has 0 saturated heterocycles. The largest absolute Gasteiger partial charge is 0.286 e. The van der Waals surface area contributed by atoms with Crippen molar-refractivity contribution in [3.8, 4) is 39.5 Å². The molecular formula is C34H22N4S. The maximum atomic E-state index is 5.10. The molecule has 184 valence electrons. The lowest BCUT2D eigenvalue weighted by Crippen LogP contribution is -2.05. The zero-order valence-electron chi connectivity index (χ0n) is 21.0. The van der Waals surface area contributed by atoms with Crippen LogP contribution in [0.4, 0.5) is 0 Å². The monoisotopic (exact) mass is 518 g/mol. The number of hydrogen-bond donors (Lipinski definition) is 0. The van der Waals surface area contributed by atoms with Gasteiger partial charge in [0, 0.05) is 27.8 Å². The van der Waals surface area contributed by atoms with Crippen molar-refractivity contribution < 1.29 is 0 Å². The van der Waals surface area contributed by atoms with Crippen LogP contribution >= 0.6 is 11.8 Å². The van der Waals surface area contributed by atoms with E-state index < -0.39 is 0 Å². The minimum absolute atomic E-state index is 0.720. The van der Waals surface area contributed by atoms with Crippen LogP contribution in [0.5, 0.6) is 0 Å². The van der Waals surface area contributed by atoms with Gasteiger partial charge in [-0.15, -0.1) is 0 Å². The van der Waals surface area contributed by atoms with Gasteiger partial charge in [-0.1, -0.05) is 109 Å². The van der Waals surface area contributed by atoms with Crippen LogP contribution < -0.4 is 0 Å². The second kappa shape index (κ2) is 8.93. The van der Waals surface area contributed by atoms with E-state index >= 15 is 0 Å². The van der Waals surface area contributed by atoms with Crippen LogP contribution in [-0.2, 0) is 5.75 Å². The number of para-hydroxylation sites is 3. The summed E-state index contributed by atoms with van der Waals surface area (Å²) >= 11 is 1.79. The van der Waals surface area contributed by atoms with E-state index in [4.69, 9.17) is 15.0 Å². The van der Waals surface area contributed by atoms with Gasteiger partial charge in [0.1, 0.15) is 0 Å². The highest BCUT2D eigenvalue weighted by molar-refractivity contribution is 7.98. The molecule has 0 N–H and O–H groups in total. The highest BCUT2D eigenvalue weighted by Crippen LogP contribution is 2.41. The van der Waals surface area contributed by atoms with Gasteiger partial charge in [-0.2, -0.15) is 0 Å². The number of imidazole rings is 1. The molecule has 3 heterocycles. The number of nitrogens with zero attached hydrogens (tertiary/aromatic N) is 4. The average molecular weight is 519 g/mol. The van der Waals surface area contributed by atoms with Crippen LogP contribution in [0.1, 0.15) is 5.56 Å². The molecule has 4 nitrogen and oxygen atoms in total. The Morgan fingerprint density at radius 2 is 1.33 bits per heavy atom. The fourth-order valence-electron chi connectivity index (χ4n) is 5.50. The van der Waals surface area contributed by atoms with Gasteiger partial charge in [0.2, 0.25) is 0 Å². The molecule has 39 heavy (non-hydrogen) atoms. The molecule has 7 aromatic rings. The number of fused-ring (bicyclic) bond motifs is 6. The van der Waals surface area contributed by atoms with Gasteiger partial charge in [-0.25, -0.2) is 15.0 Å². The van der Waals surface area contributed by atoms with Crippen molar-refractivity contribution in [1.82, 2.24) is 19.5 Å². The summed E-state index contributed by atoms with van der Waals surface area (Å²) in [5.41, 5.74) is 10.9. The van der Waals surface area contributed by atoms with Crippen LogP contribution in [0.3, 0.4) is 0 Å². The van der Waals surface area contributed by atoms with Gasteiger partial charge in [0.25, 0.3) is 0 Å². The van der Waals surface area contributed by atoms with E-state index in [-0.39, 0.29) is 0 Å². The molecule has 0 radical (unpaired) electrons. The van der Waals surface area contributed by atoms with Gasteiger partial charge in [-0.3, -0.25) is 4.57 Å². The molecule has 0 unspecified atom stereocenters. The third kappa shape index (κ3) is 3.66. The number of thioether (sulfide) groups is 1. The predicted octanol–water partition coefficient (Wildman–Crippen LogP) is 8.58. The Kier molecular flexibility index (Phi) is 5.10. The van der Waals surface area contributed by atoms with E-state index in [1.807, 2.05) is 18.2 Å². The van der Waals surface area contributed by atoms with Crippen molar-refractivity contribution in [3.63, 3.8) is 0 Å². The van der Waals surface area contributed by atoms with Crippen LogP contribution in [0.15, 0.2) is 126 Å². The topological polar surface area (TPSA) is 43.6 Å². The van der Waals surface area contributed by atoms with Crippen molar-refractivity contribution >= 4 is 33.7 Å². The van der Waals surface area contributed by atoms with E-state index in [1.54, 1.807) is 11.8 Å². The number of aromatic nitrogens is 4. The maximum absolute atomic E-state index is 5.10. The number of benzene rings is 5. The summed E-state index contributed by atoms with van der Waals surface area (Å²) in [5.74, 6) is 1.66. The molecule has 0 spiro atoms. The standard InChI is InChI=1S/C34H22N4S/c1-2-10-22(11-3-1)31-27-15-5-6-17-28(27)35-33(37-31)24-14-8-13-23(20-24)26-16-9-18-29-32(26)38-30-19-7-4-12-25(30)21-39-34(38)36-29/h1-20H,21H2. The molecule has 8 rings (SSSR count). The Balaban J connectivity index is 1.32. The molecule has 1 aliphatic heterocycles. The second-order valence-corrected chi connectivity index (χ2v) is 10.6. The van der Waals surface area contributed by atoms with E-state index in [0.717, 1.165) is 66.6 Å². The van der Waals surface area contributed by atoms with Crippen molar-refractivity contribution in [3.05, 3.63) is 127 Å². The SMILES string of the molecule is c1ccc(-c2nc(-c3cccc(-c4cccc5nc6n(c45)-c4ccccc4CS6)c3)nc3ccccc23)cc1. The van der Waals surface area contributed by atoms with Crippen LogP contribution in [0.25, 0.3) is 61.4 Å². The summed E-state index contributed by atoms with van der Waals surface area (Å²) in [6, 6.07) is 42.2. The first kappa shape index (κ1) is 22.3. The Morgan fingerprint density at radius 1 is 0.590 bits per heavy atom. The highest BCUT2D eigenvalue weighted by Gasteiger charge is 2.22. The molecule has 1 aliphatic rings. The summed E-state index contributed by atoms with van der Waals surface area (Å²) in [7, 11) is 0. The molecule has 0 aliphatic carbocycles. The third-order valence-corrected chi connectivity index (χ3v) is 8.30. The third-order valence-electron chi connectivity index (χ3n) is 7.32. The molecule has 0 fully saturated rings. The average Bonchev–Trinajstić information content (AvgIpc) is 3.40. The smallest absolute Gasteiger partial charge is 0.174 e. The fourth-order valence-corrected chi connectivity index (χ4v) is 6.51. The zero-order chi connectivity index (χ0) is 25.8. The van der Waals surface area contributed by atoms with Crippen LogP contribution in [-0.4, -0.2) is 19.5 Å². The van der Waals surface area contributed by atoms with Crippen molar-refractivity contribution in [2.75, 3.05) is 0 Å². The lowest BCUT2D eigenvalue weighted by molar-refractivity contribution is 0.895. The maximum Gasteiger partial charge on any atom is 0.174 e. The van der Waals surface area contributed by atoms with Gasteiger partial charge < -0.3 is 0 Å². The highest BCUT2D eigenvalue weighted by atomic mass is 32.2. The molecule has 5 heteroatoms. The molecule has 0 bridgehead atoms. The summed E-state index contributed by atoms with van der Waals surface area (Å²) in [6.07, 6.45) is 0. The Labute approximate surface area is 230 Å². The minimum atomic E-state index is 0.720. The first-order chi connectivity index (χ1) is 19.3. The summed E-state index contributed by atoms with van der Waals surface area (Å²) in [5, 5.41) is 2.09. The summed E-state index contributed by atoms with van der Waals surface area (Å²) in [4.78, 5) is 15.1. The van der Waals surface area contributed by atoms with Gasteiger partial charge in [0.05, 0.1) is 27.9 Å². The van der Waals surface area contributed by atoms with E-state index in [2.05, 4.69) is 108 Å². The van der Waals surface area contributed by atoms with Crippen LogP contribution in [0.2, 0.25) is 0 Å². The molecule has 0 atom stereocenters. The first-order valence-electron chi connectivity index (χ1n) is 13.0. The van der Waals surface area contributed by atoms with Crippen molar-refractivity contribution in [2.24, 2.45) is 0 Å². The summed E-state index contributed by atoms with van der Waals surface area (Å²) in [6.45, 7) is 0. The van der Waals surface area contributed by atoms with Gasteiger partial charge in [-0.05, 0) is 35.4 Å². The molecular weight excluding hydrogens is 496 g/mol. The quantitative estimate of drug-likeness (QED) is 0.235. The predicted molar refractivity (Wildman–Crippen MR) is 160 cm³/mol. The van der Waals surface area contributed by atoms with E-state index in [1.165, 1.54) is 11.3 Å².